The third-order valence-electron chi connectivity index (χ3n) is 3.98. The quantitative estimate of drug-likeness (QED) is 0.182. The van der Waals surface area contributed by atoms with E-state index in [4.69, 9.17) is 36.8 Å². The largest absolute Gasteiger partial charge is 0.394 e. The van der Waals surface area contributed by atoms with Gasteiger partial charge >= 0.3 is 10.4 Å². The first-order valence-electron chi connectivity index (χ1n) is 7.78. The maximum Gasteiger partial charge on any atom is 0.394 e. The van der Waals surface area contributed by atoms with Gasteiger partial charge in [-0.2, -0.15) is 8.42 Å². The van der Waals surface area contributed by atoms with Crippen LogP contribution in [0.2, 0.25) is 0 Å². The van der Waals surface area contributed by atoms with E-state index in [2.05, 4.69) is 0 Å². The zero-order valence-electron chi connectivity index (χ0n) is 14.1. The van der Waals surface area contributed by atoms with Gasteiger partial charge in [0.05, 0.1) is 13.2 Å². The van der Waals surface area contributed by atoms with Gasteiger partial charge in [-0.05, 0) is 0 Å². The van der Waals surface area contributed by atoms with Gasteiger partial charge in [0.25, 0.3) is 0 Å². The van der Waals surface area contributed by atoms with Crippen molar-refractivity contribution in [1.29, 1.82) is 0 Å². The van der Waals surface area contributed by atoms with Crippen molar-refractivity contribution in [3.8, 4) is 0 Å². The van der Waals surface area contributed by atoms with Crippen molar-refractivity contribution in [2.45, 2.75) is 61.4 Å². The van der Waals surface area contributed by atoms with E-state index in [1.54, 1.807) is 0 Å². The normalized spacial score (nSPS) is 44.5. The zero-order valence-corrected chi connectivity index (χ0v) is 14.9. The smallest absolute Gasteiger partial charge is 0.394 e. The molecular formula is C12H24O15S. The fraction of sp³-hybridized carbons (Fsp3) is 1.00. The summed E-state index contributed by atoms with van der Waals surface area (Å²) in [6, 6.07) is 0. The molecule has 0 radical (unpaired) electrons. The predicted octanol–water partition coefficient (Wildman–Crippen LogP) is -6.05. The topological polar surface area (TPSA) is 264 Å². The number of aliphatic hydroxyl groups excluding tert-OH is 8. The Bertz CT molecular complexity index is 559. The first kappa shape index (κ1) is 25.5. The Kier molecular flexibility index (Phi) is 9.51. The molecule has 28 heavy (non-hydrogen) atoms. The molecule has 10 N–H and O–H groups in total. The predicted molar refractivity (Wildman–Crippen MR) is 82.8 cm³/mol. The maximum absolute atomic E-state index is 9.94. The third-order valence-corrected chi connectivity index (χ3v) is 3.98. The van der Waals surface area contributed by atoms with Crippen molar-refractivity contribution in [3.63, 3.8) is 0 Å². The van der Waals surface area contributed by atoms with Gasteiger partial charge in [-0.25, -0.2) is 0 Å². The highest BCUT2D eigenvalue weighted by Gasteiger charge is 2.50. The first-order valence-corrected chi connectivity index (χ1v) is 9.17. The molecular weight excluding hydrogens is 416 g/mol. The van der Waals surface area contributed by atoms with Crippen LogP contribution in [0.15, 0.2) is 0 Å². The number of hydrogen-bond donors (Lipinski definition) is 10. The molecule has 0 spiro atoms. The molecule has 2 rings (SSSR count). The fourth-order valence-corrected chi connectivity index (χ4v) is 2.57. The molecule has 2 fully saturated rings. The summed E-state index contributed by atoms with van der Waals surface area (Å²) >= 11 is 0. The molecule has 2 saturated heterocycles. The second kappa shape index (κ2) is 10.5. The van der Waals surface area contributed by atoms with E-state index in [0.717, 1.165) is 0 Å². The van der Waals surface area contributed by atoms with Crippen LogP contribution in [0.25, 0.3) is 0 Å². The lowest BCUT2D eigenvalue weighted by molar-refractivity contribution is -0.355. The number of ether oxygens (including phenoxy) is 3. The molecule has 168 valence electrons. The molecule has 2 heterocycles. The van der Waals surface area contributed by atoms with Crippen molar-refractivity contribution in [3.05, 3.63) is 0 Å². The molecule has 15 nitrogen and oxygen atoms in total. The monoisotopic (exact) mass is 440 g/mol. The summed E-state index contributed by atoms with van der Waals surface area (Å²) in [4.78, 5) is 0. The Morgan fingerprint density at radius 1 is 0.714 bits per heavy atom. The summed E-state index contributed by atoms with van der Waals surface area (Å²) in [7, 11) is -4.67. The van der Waals surface area contributed by atoms with Crippen LogP contribution in [0, 0.1) is 0 Å². The van der Waals surface area contributed by atoms with Crippen LogP contribution in [0.5, 0.6) is 0 Å². The van der Waals surface area contributed by atoms with E-state index in [1.807, 2.05) is 0 Å². The molecule has 16 heteroatoms. The lowest BCUT2D eigenvalue weighted by atomic mass is 9.97. The summed E-state index contributed by atoms with van der Waals surface area (Å²) in [5.74, 6) is 0. The van der Waals surface area contributed by atoms with Gasteiger partial charge in [0, 0.05) is 0 Å². The summed E-state index contributed by atoms with van der Waals surface area (Å²) < 4.78 is 46.8. The van der Waals surface area contributed by atoms with E-state index in [-0.39, 0.29) is 0 Å². The van der Waals surface area contributed by atoms with Crippen molar-refractivity contribution in [2.24, 2.45) is 0 Å². The van der Waals surface area contributed by atoms with Crippen LogP contribution >= 0.6 is 0 Å². The Morgan fingerprint density at radius 3 is 1.68 bits per heavy atom. The highest BCUT2D eigenvalue weighted by molar-refractivity contribution is 7.79. The maximum atomic E-state index is 9.94. The van der Waals surface area contributed by atoms with Crippen LogP contribution in [0.1, 0.15) is 0 Å². The van der Waals surface area contributed by atoms with Crippen LogP contribution in [-0.2, 0) is 24.6 Å². The minimum atomic E-state index is -4.67. The molecule has 0 aromatic heterocycles. The van der Waals surface area contributed by atoms with Gasteiger partial charge in [0.15, 0.2) is 12.6 Å². The Morgan fingerprint density at radius 2 is 1.21 bits per heavy atom. The molecule has 2 aliphatic heterocycles. The van der Waals surface area contributed by atoms with Crippen molar-refractivity contribution < 1.29 is 72.6 Å². The van der Waals surface area contributed by atoms with Gasteiger partial charge in [0.1, 0.15) is 48.8 Å². The minimum absolute atomic E-state index is 0.667. The summed E-state index contributed by atoms with van der Waals surface area (Å²) in [5.41, 5.74) is 0. The molecule has 0 unspecified atom stereocenters. The molecule has 0 bridgehead atoms. The van der Waals surface area contributed by atoms with Gasteiger partial charge in [-0.3, -0.25) is 9.11 Å². The van der Waals surface area contributed by atoms with Crippen molar-refractivity contribution in [1.82, 2.24) is 0 Å². The lowest BCUT2D eigenvalue weighted by Gasteiger charge is -2.45. The van der Waals surface area contributed by atoms with Crippen LogP contribution in [0.3, 0.4) is 0 Å². The molecule has 0 aromatic rings. The highest BCUT2D eigenvalue weighted by Crippen LogP contribution is 2.28. The van der Waals surface area contributed by atoms with Crippen molar-refractivity contribution >= 4 is 10.4 Å². The Hall–Kier alpha value is -0.570. The zero-order chi connectivity index (χ0) is 21.8. The number of hydrogen-bond acceptors (Lipinski definition) is 13. The summed E-state index contributed by atoms with van der Waals surface area (Å²) in [6.07, 6.45) is -15.6. The van der Waals surface area contributed by atoms with Crippen LogP contribution in [0.4, 0.5) is 0 Å². The van der Waals surface area contributed by atoms with E-state index >= 15 is 0 Å². The number of rotatable bonds is 4. The summed E-state index contributed by atoms with van der Waals surface area (Å²) in [5, 5.41) is 76.5. The third kappa shape index (κ3) is 6.75. The van der Waals surface area contributed by atoms with Gasteiger partial charge in [-0.1, -0.05) is 0 Å². The molecule has 2 aliphatic rings. The SMILES string of the molecule is O=S(=O)(O)O.OC[C@H]1O[C@@H](O[C@H]2[C@H](O)[C@@H](O)[C@H](O)O[C@@H]2CO)[C@H](O)[C@@H](O)[C@H]1O. The fourth-order valence-electron chi connectivity index (χ4n) is 2.57. The number of aliphatic hydroxyl groups is 8. The van der Waals surface area contributed by atoms with Gasteiger partial charge < -0.3 is 55.1 Å². The van der Waals surface area contributed by atoms with E-state index in [9.17, 15) is 35.7 Å². The lowest BCUT2D eigenvalue weighted by Crippen LogP contribution is -2.64. The average Bonchev–Trinajstić information content (AvgIpc) is 2.60. The first-order chi connectivity index (χ1) is 12.8. The average molecular weight is 440 g/mol. The van der Waals surface area contributed by atoms with Crippen molar-refractivity contribution in [2.75, 3.05) is 13.2 Å². The molecule has 0 aliphatic carbocycles. The molecule has 10 atom stereocenters. The van der Waals surface area contributed by atoms with Crippen LogP contribution in [-0.4, -0.2) is 133 Å². The minimum Gasteiger partial charge on any atom is -0.394 e. The highest BCUT2D eigenvalue weighted by atomic mass is 32.3. The molecule has 0 aromatic carbocycles. The molecule has 0 amide bonds. The standard InChI is InChI=1S/C12H22O11.H2O4S/c13-1-3-5(15)6(16)9(19)12(22-3)23-10-4(2-14)21-11(20)8(18)7(10)17;1-5(2,3)4/h3-20H,1-2H2;(H2,1,2,3,4)/t3-,4-,5+,6+,7-,8-,9-,10-,11-,12+;/m1./s1. The summed E-state index contributed by atoms with van der Waals surface area (Å²) in [6.45, 7) is -1.35. The van der Waals surface area contributed by atoms with E-state index < -0.39 is 85.0 Å². The van der Waals surface area contributed by atoms with Gasteiger partial charge in [0.2, 0.25) is 0 Å². The van der Waals surface area contributed by atoms with E-state index in [0.29, 0.717) is 0 Å². The second-order valence-electron chi connectivity index (χ2n) is 5.97. The van der Waals surface area contributed by atoms with Gasteiger partial charge in [-0.15, -0.1) is 0 Å². The molecule has 0 saturated carbocycles. The second-order valence-corrected chi connectivity index (χ2v) is 6.87. The van der Waals surface area contributed by atoms with E-state index in [1.165, 1.54) is 0 Å². The van der Waals surface area contributed by atoms with Crippen LogP contribution < -0.4 is 0 Å². The Labute approximate surface area is 158 Å². The Balaban J connectivity index is 0.000000696.